The van der Waals surface area contributed by atoms with Crippen molar-refractivity contribution in [1.29, 1.82) is 0 Å². The summed E-state index contributed by atoms with van der Waals surface area (Å²) < 4.78 is 12.8. The number of halogens is 1. The molecule has 1 aliphatic rings. The largest absolute Gasteiger partial charge is 0.491 e. The average Bonchev–Trinajstić information content (AvgIpc) is 2.91. The normalized spacial score (nSPS) is 16.6. The smallest absolute Gasteiger partial charge is 0.182 e. The molecule has 0 saturated carbocycles. The summed E-state index contributed by atoms with van der Waals surface area (Å²) in [6.45, 7) is 1.61. The highest BCUT2D eigenvalue weighted by atomic mass is 35.5. The van der Waals surface area contributed by atoms with Gasteiger partial charge in [-0.05, 0) is 12.8 Å². The fourth-order valence-electron chi connectivity index (χ4n) is 2.64. The Balaban J connectivity index is 2.09. The Kier molecular flexibility index (Phi) is 3.72. The molecule has 0 aliphatic carbocycles. The summed E-state index contributed by atoms with van der Waals surface area (Å²) in [4.78, 5) is 4.71. The molecule has 20 heavy (non-hydrogen) atoms. The molecule has 1 saturated heterocycles. The standard InChI is InChI=1S/C14H18ClN3O2/c1-16-11-8-18-7-10(9-3-5-20-6-4-9)17-14(18)13(19-2)12(11)15/h7-9,16H,3-6H2,1-2H3. The van der Waals surface area contributed by atoms with Gasteiger partial charge in [0, 0.05) is 38.6 Å². The summed E-state index contributed by atoms with van der Waals surface area (Å²) in [5.74, 6) is 1.06. The van der Waals surface area contributed by atoms with Crippen molar-refractivity contribution in [2.45, 2.75) is 18.8 Å². The fraction of sp³-hybridized carbons (Fsp3) is 0.500. The summed E-state index contributed by atoms with van der Waals surface area (Å²) in [6, 6.07) is 0. The lowest BCUT2D eigenvalue weighted by Gasteiger charge is -2.19. The highest BCUT2D eigenvalue weighted by Crippen LogP contribution is 2.37. The summed E-state index contributed by atoms with van der Waals surface area (Å²) in [6.07, 6.45) is 6.03. The van der Waals surface area contributed by atoms with E-state index < -0.39 is 0 Å². The van der Waals surface area contributed by atoms with Crippen LogP contribution in [0.1, 0.15) is 24.5 Å². The van der Waals surface area contributed by atoms with E-state index in [-0.39, 0.29) is 0 Å². The number of imidazole rings is 1. The lowest BCUT2D eigenvalue weighted by Crippen LogP contribution is -2.14. The number of aromatic nitrogens is 2. The van der Waals surface area contributed by atoms with Crippen molar-refractivity contribution in [3.63, 3.8) is 0 Å². The average molecular weight is 296 g/mol. The summed E-state index contributed by atoms with van der Waals surface area (Å²) in [5, 5.41) is 3.63. The minimum absolute atomic E-state index is 0.449. The zero-order chi connectivity index (χ0) is 14.1. The molecule has 0 amide bonds. The third-order valence-electron chi connectivity index (χ3n) is 3.77. The van der Waals surface area contributed by atoms with Crippen LogP contribution in [0.4, 0.5) is 5.69 Å². The van der Waals surface area contributed by atoms with Gasteiger partial charge in [0.25, 0.3) is 0 Å². The lowest BCUT2D eigenvalue weighted by atomic mass is 9.97. The van der Waals surface area contributed by atoms with Crippen LogP contribution < -0.4 is 10.1 Å². The monoisotopic (exact) mass is 295 g/mol. The molecular weight excluding hydrogens is 278 g/mol. The molecule has 0 unspecified atom stereocenters. The van der Waals surface area contributed by atoms with Crippen LogP contribution in [0.2, 0.25) is 5.02 Å². The third kappa shape index (κ3) is 2.21. The summed E-state index contributed by atoms with van der Waals surface area (Å²) >= 11 is 6.32. The molecule has 0 spiro atoms. The van der Waals surface area contributed by atoms with Gasteiger partial charge in [-0.1, -0.05) is 11.6 Å². The first-order valence-electron chi connectivity index (χ1n) is 6.75. The maximum Gasteiger partial charge on any atom is 0.182 e. The van der Waals surface area contributed by atoms with E-state index in [1.165, 1.54) is 0 Å². The van der Waals surface area contributed by atoms with E-state index in [9.17, 15) is 0 Å². The molecule has 1 N–H and O–H groups in total. The van der Waals surface area contributed by atoms with Crippen molar-refractivity contribution in [3.05, 3.63) is 23.1 Å². The van der Waals surface area contributed by atoms with E-state index in [1.54, 1.807) is 7.11 Å². The van der Waals surface area contributed by atoms with Gasteiger partial charge in [-0.15, -0.1) is 0 Å². The van der Waals surface area contributed by atoms with E-state index in [4.69, 9.17) is 26.1 Å². The topological polar surface area (TPSA) is 47.8 Å². The Morgan fingerprint density at radius 2 is 2.15 bits per heavy atom. The Labute approximate surface area is 122 Å². The molecular formula is C14H18ClN3O2. The zero-order valence-corrected chi connectivity index (χ0v) is 12.4. The van der Waals surface area contributed by atoms with Gasteiger partial charge in [0.1, 0.15) is 5.02 Å². The Bertz CT molecular complexity index is 620. The van der Waals surface area contributed by atoms with Crippen LogP contribution in [-0.4, -0.2) is 36.8 Å². The second kappa shape index (κ2) is 5.50. The minimum Gasteiger partial charge on any atom is -0.491 e. The van der Waals surface area contributed by atoms with Gasteiger partial charge in [-0.3, -0.25) is 0 Å². The number of hydrogen-bond acceptors (Lipinski definition) is 4. The molecule has 3 rings (SSSR count). The maximum absolute atomic E-state index is 6.32. The number of rotatable bonds is 3. The van der Waals surface area contributed by atoms with E-state index in [0.29, 0.717) is 16.7 Å². The van der Waals surface area contributed by atoms with E-state index in [1.807, 2.05) is 17.6 Å². The number of fused-ring (bicyclic) bond motifs is 1. The van der Waals surface area contributed by atoms with Crippen LogP contribution in [-0.2, 0) is 4.74 Å². The van der Waals surface area contributed by atoms with Crippen LogP contribution in [0, 0.1) is 0 Å². The van der Waals surface area contributed by atoms with Crippen LogP contribution in [0.5, 0.6) is 5.75 Å². The van der Waals surface area contributed by atoms with Gasteiger partial charge in [0.05, 0.1) is 18.5 Å². The maximum atomic E-state index is 6.32. The van der Waals surface area contributed by atoms with Crippen molar-refractivity contribution in [2.75, 3.05) is 32.7 Å². The van der Waals surface area contributed by atoms with Crippen LogP contribution in [0.25, 0.3) is 5.65 Å². The molecule has 0 aromatic carbocycles. The molecule has 0 radical (unpaired) electrons. The summed E-state index contributed by atoms with van der Waals surface area (Å²) in [7, 11) is 3.45. The molecule has 1 aliphatic heterocycles. The van der Waals surface area contributed by atoms with Crippen LogP contribution in [0.3, 0.4) is 0 Å². The molecule has 3 heterocycles. The van der Waals surface area contributed by atoms with Crippen LogP contribution >= 0.6 is 11.6 Å². The number of ether oxygens (including phenoxy) is 2. The fourth-order valence-corrected chi connectivity index (χ4v) is 2.95. The van der Waals surface area contributed by atoms with Crippen molar-refractivity contribution >= 4 is 22.9 Å². The molecule has 2 aromatic rings. The van der Waals surface area contributed by atoms with Gasteiger partial charge in [-0.2, -0.15) is 0 Å². The predicted molar refractivity (Wildman–Crippen MR) is 79.1 cm³/mol. The first-order chi connectivity index (χ1) is 9.74. The first-order valence-corrected chi connectivity index (χ1v) is 7.13. The molecule has 6 heteroatoms. The Morgan fingerprint density at radius 1 is 1.40 bits per heavy atom. The van der Waals surface area contributed by atoms with Crippen molar-refractivity contribution in [3.8, 4) is 5.75 Å². The molecule has 1 fully saturated rings. The lowest BCUT2D eigenvalue weighted by molar-refractivity contribution is 0.0846. The quantitative estimate of drug-likeness (QED) is 0.946. The van der Waals surface area contributed by atoms with Gasteiger partial charge in [0.15, 0.2) is 11.4 Å². The predicted octanol–water partition coefficient (Wildman–Crippen LogP) is 2.93. The Hall–Kier alpha value is -1.46. The van der Waals surface area contributed by atoms with Gasteiger partial charge in [0.2, 0.25) is 0 Å². The number of nitrogens with one attached hydrogen (secondary N) is 1. The second-order valence-corrected chi connectivity index (χ2v) is 5.30. The zero-order valence-electron chi connectivity index (χ0n) is 11.6. The Morgan fingerprint density at radius 3 is 2.80 bits per heavy atom. The molecule has 108 valence electrons. The number of pyridine rings is 1. The SMILES string of the molecule is CNc1cn2cc(C3CCOCC3)nc2c(OC)c1Cl. The van der Waals surface area contributed by atoms with E-state index in [2.05, 4.69) is 11.5 Å². The van der Waals surface area contributed by atoms with E-state index >= 15 is 0 Å². The third-order valence-corrected chi connectivity index (χ3v) is 4.15. The van der Waals surface area contributed by atoms with Crippen molar-refractivity contribution in [2.24, 2.45) is 0 Å². The summed E-state index contributed by atoms with van der Waals surface area (Å²) in [5.41, 5.74) is 2.67. The van der Waals surface area contributed by atoms with Gasteiger partial charge in [-0.25, -0.2) is 4.98 Å². The second-order valence-electron chi connectivity index (χ2n) is 4.92. The minimum atomic E-state index is 0.449. The molecule has 2 aromatic heterocycles. The van der Waals surface area contributed by atoms with Crippen molar-refractivity contribution in [1.82, 2.24) is 9.38 Å². The number of nitrogens with zero attached hydrogens (tertiary/aromatic N) is 2. The molecule has 0 atom stereocenters. The van der Waals surface area contributed by atoms with Gasteiger partial charge < -0.3 is 19.2 Å². The van der Waals surface area contributed by atoms with Crippen LogP contribution in [0.15, 0.2) is 12.4 Å². The highest BCUT2D eigenvalue weighted by Gasteiger charge is 2.21. The number of hydrogen-bond donors (Lipinski definition) is 1. The van der Waals surface area contributed by atoms with E-state index in [0.717, 1.165) is 43.1 Å². The van der Waals surface area contributed by atoms with Crippen molar-refractivity contribution < 1.29 is 9.47 Å². The number of methoxy groups -OCH3 is 1. The van der Waals surface area contributed by atoms with Gasteiger partial charge >= 0.3 is 0 Å². The first kappa shape index (κ1) is 13.5. The molecule has 0 bridgehead atoms. The molecule has 5 nitrogen and oxygen atoms in total. The highest BCUT2D eigenvalue weighted by molar-refractivity contribution is 6.35. The number of anilines is 1.